The molecule has 0 N–H and O–H groups in total. The lowest BCUT2D eigenvalue weighted by Gasteiger charge is -2.33. The molecule has 3 fully saturated rings. The fraction of sp³-hybridized carbons (Fsp3) is 0.708. The van der Waals surface area contributed by atoms with Crippen LogP contribution < -0.4 is 9.47 Å². The lowest BCUT2D eigenvalue weighted by atomic mass is 9.96. The predicted octanol–water partition coefficient (Wildman–Crippen LogP) is 1.82. The molecule has 3 aliphatic rings. The summed E-state index contributed by atoms with van der Waals surface area (Å²) in [6.45, 7) is 5.86. The van der Waals surface area contributed by atoms with E-state index in [1.165, 1.54) is 30.7 Å². The Morgan fingerprint density at radius 2 is 1.74 bits per heavy atom. The van der Waals surface area contributed by atoms with Crippen LogP contribution >= 0.6 is 0 Å². The van der Waals surface area contributed by atoms with Crippen molar-refractivity contribution in [2.75, 3.05) is 66.6 Å². The number of ether oxygens (including phenoxy) is 3. The van der Waals surface area contributed by atoms with Crippen LogP contribution in [0.25, 0.3) is 0 Å². The standard InChI is InChI=1S/C24H37N3O6S/c1-31-22-7-6-21(17-23(22)32-2)34(29,30)27-12-8-19(9-13-27)24(28)26-11-4-10-25(14-15-26)18-20-5-3-16-33-20/h6-7,17,19-20H,3-5,8-16,18H2,1-2H3/t20-/m0/s1. The number of nitrogens with zero attached hydrogens (tertiary/aromatic N) is 3. The minimum atomic E-state index is -3.66. The van der Waals surface area contributed by atoms with Crippen molar-refractivity contribution in [3.63, 3.8) is 0 Å². The third kappa shape index (κ3) is 5.67. The van der Waals surface area contributed by atoms with Crippen LogP contribution in [0.4, 0.5) is 0 Å². The third-order valence-electron chi connectivity index (χ3n) is 7.18. The molecule has 4 rings (SSSR count). The van der Waals surface area contributed by atoms with Crippen molar-refractivity contribution in [1.29, 1.82) is 0 Å². The van der Waals surface area contributed by atoms with E-state index in [1.54, 1.807) is 6.07 Å². The van der Waals surface area contributed by atoms with E-state index in [2.05, 4.69) is 4.90 Å². The lowest BCUT2D eigenvalue weighted by Crippen LogP contribution is -2.45. The average Bonchev–Trinajstić information content (AvgIpc) is 3.27. The van der Waals surface area contributed by atoms with Gasteiger partial charge in [-0.05, 0) is 50.8 Å². The molecular formula is C24H37N3O6S. The molecule has 0 radical (unpaired) electrons. The van der Waals surface area contributed by atoms with Crippen LogP contribution in [0.1, 0.15) is 32.1 Å². The number of hydrogen-bond donors (Lipinski definition) is 0. The first-order valence-corrected chi connectivity index (χ1v) is 13.7. The molecule has 0 spiro atoms. The first kappa shape index (κ1) is 25.2. The third-order valence-corrected chi connectivity index (χ3v) is 9.08. The van der Waals surface area contributed by atoms with Crippen LogP contribution in [0.15, 0.2) is 23.1 Å². The zero-order valence-electron chi connectivity index (χ0n) is 20.3. The van der Waals surface area contributed by atoms with Crippen LogP contribution in [0.3, 0.4) is 0 Å². The van der Waals surface area contributed by atoms with Gasteiger partial charge in [0.15, 0.2) is 11.5 Å². The van der Waals surface area contributed by atoms with Gasteiger partial charge in [-0.2, -0.15) is 4.31 Å². The summed E-state index contributed by atoms with van der Waals surface area (Å²) < 4.78 is 44.1. The summed E-state index contributed by atoms with van der Waals surface area (Å²) in [5, 5.41) is 0. The molecule has 1 aromatic carbocycles. The second kappa shape index (κ2) is 11.2. The van der Waals surface area contributed by atoms with Gasteiger partial charge in [0.2, 0.25) is 15.9 Å². The molecule has 0 aromatic heterocycles. The van der Waals surface area contributed by atoms with Gasteiger partial charge in [0.25, 0.3) is 0 Å². The van der Waals surface area contributed by atoms with Crippen LogP contribution in [0, 0.1) is 5.92 Å². The highest BCUT2D eigenvalue weighted by Gasteiger charge is 2.35. The summed E-state index contributed by atoms with van der Waals surface area (Å²) in [4.78, 5) is 17.8. The van der Waals surface area contributed by atoms with E-state index in [4.69, 9.17) is 14.2 Å². The van der Waals surface area contributed by atoms with Gasteiger partial charge < -0.3 is 19.1 Å². The molecule has 3 saturated heterocycles. The van der Waals surface area contributed by atoms with E-state index >= 15 is 0 Å². The number of amides is 1. The average molecular weight is 496 g/mol. The molecule has 0 saturated carbocycles. The van der Waals surface area contributed by atoms with Crippen LogP contribution in [-0.2, 0) is 19.6 Å². The number of hydrogen-bond acceptors (Lipinski definition) is 7. The summed E-state index contributed by atoms with van der Waals surface area (Å²) in [5.74, 6) is 0.907. The quantitative estimate of drug-likeness (QED) is 0.570. The molecule has 190 valence electrons. The Kier molecular flexibility index (Phi) is 8.34. The molecule has 0 unspecified atom stereocenters. The molecule has 0 aliphatic carbocycles. The SMILES string of the molecule is COc1ccc(S(=O)(=O)N2CCC(C(=O)N3CCCN(C[C@@H]4CCCO4)CC3)CC2)cc1OC. The van der Waals surface area contributed by atoms with Crippen molar-refractivity contribution in [2.24, 2.45) is 5.92 Å². The first-order valence-electron chi connectivity index (χ1n) is 12.3. The molecule has 0 bridgehead atoms. The molecule has 1 atom stereocenters. The van der Waals surface area contributed by atoms with E-state index in [0.717, 1.165) is 58.6 Å². The van der Waals surface area contributed by atoms with E-state index in [0.29, 0.717) is 43.5 Å². The van der Waals surface area contributed by atoms with Gasteiger partial charge >= 0.3 is 0 Å². The maximum atomic E-state index is 13.2. The predicted molar refractivity (Wildman–Crippen MR) is 128 cm³/mol. The van der Waals surface area contributed by atoms with Gasteiger partial charge in [0.05, 0.1) is 25.2 Å². The topological polar surface area (TPSA) is 88.6 Å². The minimum Gasteiger partial charge on any atom is -0.493 e. The zero-order chi connectivity index (χ0) is 24.1. The van der Waals surface area contributed by atoms with Gasteiger partial charge in [-0.1, -0.05) is 0 Å². The van der Waals surface area contributed by atoms with E-state index in [-0.39, 0.29) is 16.7 Å². The smallest absolute Gasteiger partial charge is 0.243 e. The second-order valence-corrected chi connectivity index (χ2v) is 11.2. The van der Waals surface area contributed by atoms with Gasteiger partial charge in [-0.3, -0.25) is 9.69 Å². The summed E-state index contributed by atoms with van der Waals surface area (Å²) in [5.41, 5.74) is 0. The molecule has 10 heteroatoms. The van der Waals surface area contributed by atoms with Crippen molar-refractivity contribution >= 4 is 15.9 Å². The summed E-state index contributed by atoms with van der Waals surface area (Å²) in [6, 6.07) is 4.63. The molecule has 3 heterocycles. The van der Waals surface area contributed by atoms with Crippen LogP contribution in [0.2, 0.25) is 0 Å². The zero-order valence-corrected chi connectivity index (χ0v) is 21.1. The highest BCUT2D eigenvalue weighted by atomic mass is 32.2. The van der Waals surface area contributed by atoms with E-state index < -0.39 is 10.0 Å². The number of methoxy groups -OCH3 is 2. The van der Waals surface area contributed by atoms with Crippen molar-refractivity contribution in [1.82, 2.24) is 14.1 Å². The van der Waals surface area contributed by atoms with Gasteiger partial charge in [0.1, 0.15) is 0 Å². The summed E-state index contributed by atoms with van der Waals surface area (Å²) >= 11 is 0. The number of benzene rings is 1. The second-order valence-electron chi connectivity index (χ2n) is 9.31. The van der Waals surface area contributed by atoms with E-state index in [1.807, 2.05) is 4.90 Å². The number of piperidine rings is 1. The Bertz CT molecular complexity index is 942. The Morgan fingerprint density at radius 3 is 2.41 bits per heavy atom. The molecule has 1 amide bonds. The number of carbonyl (C=O) groups excluding carboxylic acids is 1. The fourth-order valence-corrected chi connectivity index (χ4v) is 6.66. The Hall–Kier alpha value is -1.88. The monoisotopic (exact) mass is 495 g/mol. The normalized spacial score (nSPS) is 23.6. The summed E-state index contributed by atoms with van der Waals surface area (Å²) in [6.07, 6.45) is 4.65. The highest BCUT2D eigenvalue weighted by Crippen LogP contribution is 2.32. The number of sulfonamides is 1. The van der Waals surface area contributed by atoms with E-state index in [9.17, 15) is 13.2 Å². The van der Waals surface area contributed by atoms with Crippen molar-refractivity contribution in [3.05, 3.63) is 18.2 Å². The number of rotatable bonds is 7. The Balaban J connectivity index is 1.31. The minimum absolute atomic E-state index is 0.124. The molecule has 34 heavy (non-hydrogen) atoms. The van der Waals surface area contributed by atoms with Gasteiger partial charge in [-0.15, -0.1) is 0 Å². The van der Waals surface area contributed by atoms with Crippen LogP contribution in [-0.4, -0.2) is 101 Å². The molecule has 1 aromatic rings. The number of carbonyl (C=O) groups is 1. The van der Waals surface area contributed by atoms with Crippen molar-refractivity contribution in [2.45, 2.75) is 43.1 Å². The van der Waals surface area contributed by atoms with Crippen molar-refractivity contribution < 1.29 is 27.4 Å². The van der Waals surface area contributed by atoms with Gasteiger partial charge in [0, 0.05) is 57.9 Å². The van der Waals surface area contributed by atoms with Crippen LogP contribution in [0.5, 0.6) is 11.5 Å². The fourth-order valence-electron chi connectivity index (χ4n) is 5.18. The molecule has 3 aliphatic heterocycles. The molecule has 9 nitrogen and oxygen atoms in total. The Morgan fingerprint density at radius 1 is 0.971 bits per heavy atom. The molecular weight excluding hydrogens is 458 g/mol. The summed E-state index contributed by atoms with van der Waals surface area (Å²) in [7, 11) is -0.668. The highest BCUT2D eigenvalue weighted by molar-refractivity contribution is 7.89. The maximum Gasteiger partial charge on any atom is 0.243 e. The maximum absolute atomic E-state index is 13.2. The largest absolute Gasteiger partial charge is 0.493 e. The Labute approximate surface area is 203 Å². The lowest BCUT2D eigenvalue weighted by molar-refractivity contribution is -0.136. The van der Waals surface area contributed by atoms with Gasteiger partial charge in [-0.25, -0.2) is 8.42 Å². The first-order chi connectivity index (χ1) is 16.4. The van der Waals surface area contributed by atoms with Crippen molar-refractivity contribution in [3.8, 4) is 11.5 Å².